The van der Waals surface area contributed by atoms with Crippen molar-refractivity contribution in [1.82, 2.24) is 4.98 Å². The average Bonchev–Trinajstić information content (AvgIpc) is 2.06. The topological polar surface area (TPSA) is 38.9 Å². The highest BCUT2D eigenvalue weighted by Crippen LogP contribution is 2.16. The first-order valence-electron chi connectivity index (χ1n) is 3.39. The lowest BCUT2D eigenvalue weighted by Crippen LogP contribution is -1.89. The number of hydrogen-bond donors (Lipinski definition) is 1. The standard InChI is InChI=1S/C9H7N2/c10-9-8-4-2-1-3-7(8)5-6-11-9/h1-4,6H,(H2,10,11). The molecule has 1 aromatic heterocycles. The van der Waals surface area contributed by atoms with Gasteiger partial charge in [0.05, 0.1) is 0 Å². The second-order valence-electron chi connectivity index (χ2n) is 2.33. The van der Waals surface area contributed by atoms with Gasteiger partial charge in [0.1, 0.15) is 5.82 Å². The summed E-state index contributed by atoms with van der Waals surface area (Å²) >= 11 is 0. The van der Waals surface area contributed by atoms with Crippen molar-refractivity contribution in [2.45, 2.75) is 0 Å². The lowest BCUT2D eigenvalue weighted by Gasteiger charge is -1.97. The Kier molecular flexibility index (Phi) is 1.25. The molecule has 1 aromatic carbocycles. The van der Waals surface area contributed by atoms with Crippen LogP contribution in [0.1, 0.15) is 0 Å². The van der Waals surface area contributed by atoms with Gasteiger partial charge >= 0.3 is 0 Å². The number of aromatic nitrogens is 1. The van der Waals surface area contributed by atoms with Crippen LogP contribution in [0.5, 0.6) is 0 Å². The van der Waals surface area contributed by atoms with E-state index in [1.54, 1.807) is 6.20 Å². The molecule has 0 fully saturated rings. The monoisotopic (exact) mass is 143 g/mol. The molecule has 0 aliphatic rings. The van der Waals surface area contributed by atoms with Crippen molar-refractivity contribution in [2.75, 3.05) is 5.73 Å². The lowest BCUT2D eigenvalue weighted by atomic mass is 10.2. The molecule has 0 aliphatic heterocycles. The van der Waals surface area contributed by atoms with Crippen molar-refractivity contribution in [3.63, 3.8) is 0 Å². The van der Waals surface area contributed by atoms with Crippen LogP contribution < -0.4 is 5.73 Å². The van der Waals surface area contributed by atoms with Gasteiger partial charge in [0.2, 0.25) is 0 Å². The van der Waals surface area contributed by atoms with Gasteiger partial charge in [0.25, 0.3) is 0 Å². The van der Waals surface area contributed by atoms with Gasteiger partial charge in [-0.15, -0.1) is 0 Å². The summed E-state index contributed by atoms with van der Waals surface area (Å²) in [5.41, 5.74) is 5.63. The Morgan fingerprint density at radius 3 is 2.91 bits per heavy atom. The van der Waals surface area contributed by atoms with Crippen LogP contribution >= 0.6 is 0 Å². The normalized spacial score (nSPS) is 10.2. The molecule has 0 saturated heterocycles. The Morgan fingerprint density at radius 1 is 1.27 bits per heavy atom. The fourth-order valence-corrected chi connectivity index (χ4v) is 1.07. The van der Waals surface area contributed by atoms with Gasteiger partial charge in [-0.1, -0.05) is 24.3 Å². The maximum absolute atomic E-state index is 5.63. The Morgan fingerprint density at radius 2 is 2.09 bits per heavy atom. The van der Waals surface area contributed by atoms with E-state index in [1.165, 1.54) is 0 Å². The van der Waals surface area contributed by atoms with Crippen LogP contribution in [-0.4, -0.2) is 4.98 Å². The molecule has 0 spiro atoms. The molecule has 2 nitrogen and oxygen atoms in total. The zero-order valence-electron chi connectivity index (χ0n) is 5.91. The largest absolute Gasteiger partial charge is 0.383 e. The number of pyridine rings is 1. The Labute approximate surface area is 64.7 Å². The predicted octanol–water partition coefficient (Wildman–Crippen LogP) is 1.62. The van der Waals surface area contributed by atoms with Crippen LogP contribution in [0.2, 0.25) is 0 Å². The van der Waals surface area contributed by atoms with Gasteiger partial charge in [-0.3, -0.25) is 0 Å². The summed E-state index contributed by atoms with van der Waals surface area (Å²) in [5, 5.41) is 1.98. The molecule has 0 amide bonds. The van der Waals surface area contributed by atoms with E-state index in [9.17, 15) is 0 Å². The number of nitrogen functional groups attached to an aromatic ring is 1. The maximum Gasteiger partial charge on any atom is 0.131 e. The van der Waals surface area contributed by atoms with E-state index in [0.717, 1.165) is 10.8 Å². The minimum absolute atomic E-state index is 0.569. The number of rotatable bonds is 0. The van der Waals surface area contributed by atoms with Crippen LogP contribution in [0.25, 0.3) is 10.8 Å². The third kappa shape index (κ3) is 0.923. The van der Waals surface area contributed by atoms with Gasteiger partial charge in [-0.25, -0.2) is 4.98 Å². The van der Waals surface area contributed by atoms with E-state index < -0.39 is 0 Å². The second kappa shape index (κ2) is 2.23. The number of hydrogen-bond acceptors (Lipinski definition) is 2. The molecule has 2 aromatic rings. The molecule has 1 heterocycles. The highest BCUT2D eigenvalue weighted by molar-refractivity contribution is 5.89. The van der Waals surface area contributed by atoms with Crippen LogP contribution in [-0.2, 0) is 0 Å². The minimum Gasteiger partial charge on any atom is -0.383 e. The smallest absolute Gasteiger partial charge is 0.131 e. The fraction of sp³-hybridized carbons (Fsp3) is 0. The van der Waals surface area contributed by atoms with Crippen LogP contribution in [0.15, 0.2) is 30.5 Å². The van der Waals surface area contributed by atoms with Gasteiger partial charge < -0.3 is 5.73 Å². The minimum atomic E-state index is 0.569. The summed E-state index contributed by atoms with van der Waals surface area (Å²) in [6.07, 6.45) is 1.59. The van der Waals surface area contributed by atoms with E-state index in [2.05, 4.69) is 11.1 Å². The van der Waals surface area contributed by atoms with Crippen molar-refractivity contribution in [3.8, 4) is 0 Å². The first kappa shape index (κ1) is 6.16. The molecular formula is C9H7N2. The number of nitrogens with zero attached hydrogens (tertiary/aromatic N) is 1. The van der Waals surface area contributed by atoms with Gasteiger partial charge in [0, 0.05) is 17.6 Å². The SMILES string of the molecule is Nc1nc[c]c2ccccc12. The highest BCUT2D eigenvalue weighted by Gasteiger charge is 1.94. The third-order valence-corrected chi connectivity index (χ3v) is 1.63. The van der Waals surface area contributed by atoms with E-state index in [-0.39, 0.29) is 0 Å². The number of anilines is 1. The molecule has 2 rings (SSSR count). The quantitative estimate of drug-likeness (QED) is 0.608. The molecule has 53 valence electrons. The van der Waals surface area contributed by atoms with Gasteiger partial charge in [-0.05, 0) is 5.39 Å². The molecule has 0 atom stereocenters. The van der Waals surface area contributed by atoms with E-state index in [4.69, 9.17) is 5.73 Å². The number of benzene rings is 1. The maximum atomic E-state index is 5.63. The molecule has 2 heteroatoms. The number of nitrogens with two attached hydrogens (primary N) is 1. The van der Waals surface area contributed by atoms with Crippen molar-refractivity contribution >= 4 is 16.6 Å². The average molecular weight is 143 g/mol. The summed E-state index contributed by atoms with van der Waals surface area (Å²) in [7, 11) is 0. The van der Waals surface area contributed by atoms with E-state index in [1.807, 2.05) is 24.3 Å². The molecule has 11 heavy (non-hydrogen) atoms. The zero-order chi connectivity index (χ0) is 7.68. The Balaban J connectivity index is 2.91. The second-order valence-corrected chi connectivity index (χ2v) is 2.33. The fourth-order valence-electron chi connectivity index (χ4n) is 1.07. The summed E-state index contributed by atoms with van der Waals surface area (Å²) in [6.45, 7) is 0. The molecule has 2 N–H and O–H groups in total. The molecule has 0 aliphatic carbocycles. The summed E-state index contributed by atoms with van der Waals surface area (Å²) in [4.78, 5) is 3.93. The van der Waals surface area contributed by atoms with Gasteiger partial charge in [0.15, 0.2) is 0 Å². The third-order valence-electron chi connectivity index (χ3n) is 1.63. The van der Waals surface area contributed by atoms with E-state index >= 15 is 0 Å². The summed E-state index contributed by atoms with van der Waals surface area (Å²) in [5.74, 6) is 0.569. The zero-order valence-corrected chi connectivity index (χ0v) is 5.91. The van der Waals surface area contributed by atoms with Crippen molar-refractivity contribution in [2.24, 2.45) is 0 Å². The first-order valence-corrected chi connectivity index (χ1v) is 3.39. The van der Waals surface area contributed by atoms with Gasteiger partial charge in [-0.2, -0.15) is 0 Å². The Bertz CT molecular complexity index is 377. The molecule has 0 unspecified atom stereocenters. The van der Waals surface area contributed by atoms with Crippen LogP contribution in [0, 0.1) is 6.07 Å². The summed E-state index contributed by atoms with van der Waals surface area (Å²) in [6, 6.07) is 10.8. The first-order chi connectivity index (χ1) is 5.38. The van der Waals surface area contributed by atoms with Crippen molar-refractivity contribution in [3.05, 3.63) is 36.5 Å². The molecule has 0 bridgehead atoms. The van der Waals surface area contributed by atoms with E-state index in [0.29, 0.717) is 5.82 Å². The highest BCUT2D eigenvalue weighted by atomic mass is 14.8. The van der Waals surface area contributed by atoms with Crippen LogP contribution in [0.3, 0.4) is 0 Å². The summed E-state index contributed by atoms with van der Waals surface area (Å²) < 4.78 is 0. The predicted molar refractivity (Wildman–Crippen MR) is 45.0 cm³/mol. The molecular weight excluding hydrogens is 136 g/mol. The number of fused-ring (bicyclic) bond motifs is 1. The lowest BCUT2D eigenvalue weighted by molar-refractivity contribution is 1.36. The molecule has 0 saturated carbocycles. The Hall–Kier alpha value is -1.57. The van der Waals surface area contributed by atoms with Crippen molar-refractivity contribution < 1.29 is 0 Å². The molecule has 1 radical (unpaired) electrons. The van der Waals surface area contributed by atoms with Crippen LogP contribution in [0.4, 0.5) is 5.82 Å². The van der Waals surface area contributed by atoms with Crippen molar-refractivity contribution in [1.29, 1.82) is 0 Å².